The molecule has 4 nitrogen and oxygen atoms in total. The topological polar surface area (TPSA) is 38.8 Å². The van der Waals surface area contributed by atoms with Gasteiger partial charge in [-0.1, -0.05) is 6.92 Å². The molecule has 0 amide bonds. The van der Waals surface area contributed by atoms with Gasteiger partial charge in [0.05, 0.1) is 12.6 Å². The first-order valence-corrected chi connectivity index (χ1v) is 6.71. The van der Waals surface area contributed by atoms with Crippen molar-refractivity contribution >= 4 is 5.97 Å². The maximum Gasteiger partial charge on any atom is 0.320 e. The molecule has 17 heavy (non-hydrogen) atoms. The molecule has 2 aliphatic rings. The summed E-state index contributed by atoms with van der Waals surface area (Å²) < 4.78 is 10.8. The molecule has 0 unspecified atom stereocenters. The molecular formula is C13H23NO3. The number of hydrogen-bond donors (Lipinski definition) is 0. The summed E-state index contributed by atoms with van der Waals surface area (Å²) in [4.78, 5) is 14.1. The molecule has 0 bridgehead atoms. The summed E-state index contributed by atoms with van der Waals surface area (Å²) in [5, 5.41) is 0. The van der Waals surface area contributed by atoms with Crippen LogP contribution in [0.4, 0.5) is 0 Å². The zero-order valence-electron chi connectivity index (χ0n) is 10.9. The van der Waals surface area contributed by atoms with Gasteiger partial charge >= 0.3 is 5.97 Å². The summed E-state index contributed by atoms with van der Waals surface area (Å²) in [7, 11) is 1.69. The number of carbonyl (C=O) groups is 1. The Morgan fingerprint density at radius 1 is 1.24 bits per heavy atom. The van der Waals surface area contributed by atoms with Crippen molar-refractivity contribution in [1.29, 1.82) is 0 Å². The number of hydrogen-bond acceptors (Lipinski definition) is 4. The highest BCUT2D eigenvalue weighted by atomic mass is 16.6. The van der Waals surface area contributed by atoms with Gasteiger partial charge in [0, 0.05) is 13.2 Å². The minimum absolute atomic E-state index is 0.0228. The summed E-state index contributed by atoms with van der Waals surface area (Å²) in [6.45, 7) is 3.46. The molecular weight excluding hydrogens is 218 g/mol. The van der Waals surface area contributed by atoms with Gasteiger partial charge in [0.2, 0.25) is 0 Å². The van der Waals surface area contributed by atoms with Crippen molar-refractivity contribution in [1.82, 2.24) is 4.90 Å². The summed E-state index contributed by atoms with van der Waals surface area (Å²) in [6.07, 6.45) is 5.59. The second kappa shape index (κ2) is 5.83. The van der Waals surface area contributed by atoms with Crippen LogP contribution in [0.3, 0.4) is 0 Å². The van der Waals surface area contributed by atoms with Crippen LogP contribution in [0.5, 0.6) is 0 Å². The first-order valence-electron chi connectivity index (χ1n) is 6.71. The molecule has 0 heterocycles. The molecule has 0 aromatic heterocycles. The Bertz CT molecular complexity index is 265. The predicted molar refractivity (Wildman–Crippen MR) is 64.8 cm³/mol. The van der Waals surface area contributed by atoms with E-state index in [4.69, 9.17) is 9.47 Å². The van der Waals surface area contributed by atoms with Gasteiger partial charge in [-0.15, -0.1) is 0 Å². The average molecular weight is 241 g/mol. The first-order chi connectivity index (χ1) is 8.24. The Labute approximate surface area is 103 Å². The summed E-state index contributed by atoms with van der Waals surface area (Å²) in [5.41, 5.74) is 0. The first kappa shape index (κ1) is 12.8. The Morgan fingerprint density at radius 2 is 1.94 bits per heavy atom. The minimum atomic E-state index is -0.0901. The second-order valence-electron chi connectivity index (χ2n) is 5.03. The van der Waals surface area contributed by atoms with Gasteiger partial charge in [0.25, 0.3) is 0 Å². The van der Waals surface area contributed by atoms with E-state index in [2.05, 4.69) is 11.8 Å². The Balaban J connectivity index is 1.75. The molecule has 0 N–H and O–H groups in total. The van der Waals surface area contributed by atoms with E-state index in [9.17, 15) is 4.79 Å². The van der Waals surface area contributed by atoms with E-state index < -0.39 is 0 Å². The third-order valence-corrected chi connectivity index (χ3v) is 3.78. The molecule has 2 rings (SSSR count). The number of rotatable bonds is 6. The quantitative estimate of drug-likeness (QED) is 0.662. The van der Waals surface area contributed by atoms with E-state index >= 15 is 0 Å². The van der Waals surface area contributed by atoms with Crippen molar-refractivity contribution in [3.8, 4) is 0 Å². The standard InChI is InChI=1S/C13H23NO3/c1-3-14(10-7-8-10)9-13(15)17-12-6-4-5-11(12)16-2/h10-12H,3-9H2,1-2H3/t11-,12+/m0/s1. The molecule has 0 radical (unpaired) electrons. The number of likely N-dealkylation sites (N-methyl/N-ethyl adjacent to an activating group) is 1. The molecule has 98 valence electrons. The Hall–Kier alpha value is -0.610. The lowest BCUT2D eigenvalue weighted by molar-refractivity contribution is -0.155. The third-order valence-electron chi connectivity index (χ3n) is 3.78. The highest BCUT2D eigenvalue weighted by Crippen LogP contribution is 2.27. The van der Waals surface area contributed by atoms with Crippen LogP contribution >= 0.6 is 0 Å². The molecule has 0 aromatic rings. The number of esters is 1. The van der Waals surface area contributed by atoms with E-state index in [1.165, 1.54) is 12.8 Å². The van der Waals surface area contributed by atoms with Crippen LogP contribution in [0.1, 0.15) is 39.0 Å². The van der Waals surface area contributed by atoms with Crippen LogP contribution in [0.25, 0.3) is 0 Å². The molecule has 0 aliphatic heterocycles. The third kappa shape index (κ3) is 3.42. The zero-order chi connectivity index (χ0) is 12.3. The Kier molecular flexibility index (Phi) is 4.40. The molecule has 0 aromatic carbocycles. The lowest BCUT2D eigenvalue weighted by Crippen LogP contribution is -2.36. The van der Waals surface area contributed by atoms with Crippen LogP contribution in [0.15, 0.2) is 0 Å². The van der Waals surface area contributed by atoms with Gasteiger partial charge in [0.15, 0.2) is 0 Å². The van der Waals surface area contributed by atoms with E-state index in [0.717, 1.165) is 25.8 Å². The van der Waals surface area contributed by atoms with Crippen LogP contribution in [-0.4, -0.2) is 49.3 Å². The molecule has 0 spiro atoms. The van der Waals surface area contributed by atoms with E-state index in [1.54, 1.807) is 7.11 Å². The van der Waals surface area contributed by atoms with Crippen molar-refractivity contribution < 1.29 is 14.3 Å². The SMILES string of the molecule is CCN(CC(=O)O[C@@H]1CCC[C@@H]1OC)C1CC1. The molecule has 4 heteroatoms. The number of methoxy groups -OCH3 is 1. The van der Waals surface area contributed by atoms with Gasteiger partial charge in [-0.05, 0) is 38.6 Å². The fraction of sp³-hybridized carbons (Fsp3) is 0.923. The van der Waals surface area contributed by atoms with Crippen LogP contribution in [0.2, 0.25) is 0 Å². The van der Waals surface area contributed by atoms with Crippen molar-refractivity contribution in [3.05, 3.63) is 0 Å². The average Bonchev–Trinajstić information content (AvgIpc) is 3.07. The van der Waals surface area contributed by atoms with Crippen LogP contribution < -0.4 is 0 Å². The minimum Gasteiger partial charge on any atom is -0.459 e. The number of nitrogens with zero attached hydrogens (tertiary/aromatic N) is 1. The summed E-state index contributed by atoms with van der Waals surface area (Å²) in [5.74, 6) is -0.0901. The van der Waals surface area contributed by atoms with Gasteiger partial charge < -0.3 is 9.47 Å². The van der Waals surface area contributed by atoms with Gasteiger partial charge in [-0.3, -0.25) is 9.69 Å². The van der Waals surface area contributed by atoms with E-state index in [-0.39, 0.29) is 18.2 Å². The van der Waals surface area contributed by atoms with Crippen molar-refractivity contribution in [2.24, 2.45) is 0 Å². The lowest BCUT2D eigenvalue weighted by Gasteiger charge is -2.22. The predicted octanol–water partition coefficient (Wildman–Crippen LogP) is 1.58. The van der Waals surface area contributed by atoms with Gasteiger partial charge in [-0.2, -0.15) is 0 Å². The van der Waals surface area contributed by atoms with Crippen molar-refractivity contribution in [2.75, 3.05) is 20.2 Å². The second-order valence-corrected chi connectivity index (χ2v) is 5.03. The Morgan fingerprint density at radius 3 is 2.53 bits per heavy atom. The maximum absolute atomic E-state index is 11.8. The normalized spacial score (nSPS) is 28.6. The van der Waals surface area contributed by atoms with Crippen LogP contribution in [0, 0.1) is 0 Å². The fourth-order valence-corrected chi connectivity index (χ4v) is 2.61. The molecule has 0 saturated heterocycles. The zero-order valence-corrected chi connectivity index (χ0v) is 10.9. The fourth-order valence-electron chi connectivity index (χ4n) is 2.61. The maximum atomic E-state index is 11.8. The van der Waals surface area contributed by atoms with Crippen molar-refractivity contribution in [3.63, 3.8) is 0 Å². The van der Waals surface area contributed by atoms with Crippen molar-refractivity contribution in [2.45, 2.75) is 57.3 Å². The van der Waals surface area contributed by atoms with Gasteiger partial charge in [-0.25, -0.2) is 0 Å². The van der Waals surface area contributed by atoms with E-state index in [1.807, 2.05) is 0 Å². The smallest absolute Gasteiger partial charge is 0.320 e. The van der Waals surface area contributed by atoms with E-state index in [0.29, 0.717) is 12.6 Å². The molecule has 2 fully saturated rings. The van der Waals surface area contributed by atoms with Crippen LogP contribution in [-0.2, 0) is 14.3 Å². The molecule has 2 aliphatic carbocycles. The number of carbonyl (C=O) groups excluding carboxylic acids is 1. The monoisotopic (exact) mass is 241 g/mol. The largest absolute Gasteiger partial charge is 0.459 e. The lowest BCUT2D eigenvalue weighted by atomic mass is 10.2. The highest BCUT2D eigenvalue weighted by Gasteiger charge is 2.33. The highest BCUT2D eigenvalue weighted by molar-refractivity contribution is 5.72. The summed E-state index contributed by atoms with van der Waals surface area (Å²) in [6, 6.07) is 0.620. The van der Waals surface area contributed by atoms with Gasteiger partial charge in [0.1, 0.15) is 6.10 Å². The molecule has 2 saturated carbocycles. The number of ether oxygens (including phenoxy) is 2. The summed E-state index contributed by atoms with van der Waals surface area (Å²) >= 11 is 0. The molecule has 2 atom stereocenters.